The molecule has 0 spiro atoms. The lowest BCUT2D eigenvalue weighted by Gasteiger charge is -2.14. The van der Waals surface area contributed by atoms with Crippen molar-refractivity contribution in [1.82, 2.24) is 5.32 Å². The number of nitrogens with one attached hydrogen (secondary N) is 1. The third kappa shape index (κ3) is 4.37. The van der Waals surface area contributed by atoms with Crippen LogP contribution in [0.2, 0.25) is 0 Å². The Morgan fingerprint density at radius 3 is 2.80 bits per heavy atom. The Labute approximate surface area is 119 Å². The van der Waals surface area contributed by atoms with Crippen molar-refractivity contribution >= 4 is 11.9 Å². The van der Waals surface area contributed by atoms with Gasteiger partial charge in [-0.05, 0) is 25.3 Å². The Balaban J connectivity index is 1.80. The maximum Gasteiger partial charge on any atom is 0.306 e. The Bertz CT molecular complexity index is 458. The van der Waals surface area contributed by atoms with Crippen molar-refractivity contribution in [2.45, 2.75) is 45.3 Å². The van der Waals surface area contributed by atoms with E-state index in [1.807, 2.05) is 37.3 Å². The summed E-state index contributed by atoms with van der Waals surface area (Å²) in [5.41, 5.74) is 0.958. The van der Waals surface area contributed by atoms with Gasteiger partial charge in [0, 0.05) is 12.0 Å². The maximum atomic E-state index is 11.9. The van der Waals surface area contributed by atoms with Crippen molar-refractivity contribution in [3.63, 3.8) is 0 Å². The summed E-state index contributed by atoms with van der Waals surface area (Å²) in [7, 11) is 0. The van der Waals surface area contributed by atoms with Crippen LogP contribution in [0.4, 0.5) is 0 Å². The topological polar surface area (TPSA) is 55.4 Å². The second kappa shape index (κ2) is 7.08. The monoisotopic (exact) mass is 275 g/mol. The second-order valence-corrected chi connectivity index (χ2v) is 5.39. The zero-order valence-electron chi connectivity index (χ0n) is 11.8. The first kappa shape index (κ1) is 14.6. The van der Waals surface area contributed by atoms with E-state index in [1.54, 1.807) is 0 Å². The fourth-order valence-electron chi connectivity index (χ4n) is 2.43. The van der Waals surface area contributed by atoms with Crippen molar-refractivity contribution in [3.05, 3.63) is 35.9 Å². The van der Waals surface area contributed by atoms with Gasteiger partial charge in [0.05, 0.1) is 6.42 Å². The quantitative estimate of drug-likeness (QED) is 0.859. The van der Waals surface area contributed by atoms with Crippen molar-refractivity contribution in [1.29, 1.82) is 0 Å². The minimum atomic E-state index is -0.302. The maximum absolute atomic E-state index is 11.9. The van der Waals surface area contributed by atoms with Crippen LogP contribution < -0.4 is 5.32 Å². The lowest BCUT2D eigenvalue weighted by molar-refractivity contribution is -0.148. The minimum Gasteiger partial charge on any atom is -0.461 e. The number of esters is 1. The van der Waals surface area contributed by atoms with E-state index in [1.165, 1.54) is 0 Å². The molecule has 1 saturated heterocycles. The van der Waals surface area contributed by atoms with Gasteiger partial charge in [-0.2, -0.15) is 0 Å². The molecule has 0 saturated carbocycles. The largest absolute Gasteiger partial charge is 0.461 e. The first-order valence-corrected chi connectivity index (χ1v) is 7.15. The van der Waals surface area contributed by atoms with Crippen LogP contribution in [0.5, 0.6) is 0 Å². The Morgan fingerprint density at radius 2 is 2.05 bits per heavy atom. The zero-order chi connectivity index (χ0) is 14.4. The van der Waals surface area contributed by atoms with Crippen LogP contribution >= 0.6 is 0 Å². The first-order valence-electron chi connectivity index (χ1n) is 7.15. The van der Waals surface area contributed by atoms with Gasteiger partial charge in [-0.15, -0.1) is 0 Å². The standard InChI is InChI=1S/C16H21NO3/c1-12-6-5-9-14(16(19)17-12)10-15(18)20-11-13-7-3-2-4-8-13/h2-4,7-8,12,14H,5-6,9-11H2,1H3,(H,17,19)/t12-,14-/m0/s1. The van der Waals surface area contributed by atoms with Gasteiger partial charge in [0.2, 0.25) is 5.91 Å². The smallest absolute Gasteiger partial charge is 0.306 e. The lowest BCUT2D eigenvalue weighted by Crippen LogP contribution is -2.35. The third-order valence-electron chi connectivity index (χ3n) is 3.60. The van der Waals surface area contributed by atoms with E-state index in [9.17, 15) is 9.59 Å². The molecule has 0 unspecified atom stereocenters. The highest BCUT2D eigenvalue weighted by Crippen LogP contribution is 2.19. The number of rotatable bonds is 4. The van der Waals surface area contributed by atoms with Crippen LogP contribution in [0, 0.1) is 5.92 Å². The highest BCUT2D eigenvalue weighted by molar-refractivity contribution is 5.84. The van der Waals surface area contributed by atoms with Crippen LogP contribution in [0.15, 0.2) is 30.3 Å². The Kier molecular flexibility index (Phi) is 5.16. The van der Waals surface area contributed by atoms with E-state index >= 15 is 0 Å². The molecule has 1 heterocycles. The number of carbonyl (C=O) groups is 2. The Morgan fingerprint density at radius 1 is 1.30 bits per heavy atom. The predicted molar refractivity (Wildman–Crippen MR) is 75.8 cm³/mol. The molecule has 1 fully saturated rings. The summed E-state index contributed by atoms with van der Waals surface area (Å²) >= 11 is 0. The molecule has 4 heteroatoms. The second-order valence-electron chi connectivity index (χ2n) is 5.39. The van der Waals surface area contributed by atoms with Crippen LogP contribution in [0.1, 0.15) is 38.2 Å². The summed E-state index contributed by atoms with van der Waals surface area (Å²) in [6.45, 7) is 2.26. The van der Waals surface area contributed by atoms with Gasteiger partial charge in [-0.3, -0.25) is 9.59 Å². The molecule has 0 aromatic heterocycles. The first-order chi connectivity index (χ1) is 9.65. The molecule has 1 N–H and O–H groups in total. The number of hydrogen-bond donors (Lipinski definition) is 1. The number of benzene rings is 1. The molecule has 4 nitrogen and oxygen atoms in total. The molecule has 1 aliphatic heterocycles. The molecular formula is C16H21NO3. The molecular weight excluding hydrogens is 254 g/mol. The van der Waals surface area contributed by atoms with Gasteiger partial charge >= 0.3 is 5.97 Å². The summed E-state index contributed by atoms with van der Waals surface area (Å²) in [5.74, 6) is -0.571. The van der Waals surface area contributed by atoms with Gasteiger partial charge in [-0.1, -0.05) is 36.8 Å². The average Bonchev–Trinajstić information content (AvgIpc) is 2.59. The fraction of sp³-hybridized carbons (Fsp3) is 0.500. The van der Waals surface area contributed by atoms with E-state index in [4.69, 9.17) is 4.74 Å². The summed E-state index contributed by atoms with van der Waals surface area (Å²) in [6.07, 6.45) is 2.87. The van der Waals surface area contributed by atoms with Crippen LogP contribution in [0.3, 0.4) is 0 Å². The van der Waals surface area contributed by atoms with Crippen molar-refractivity contribution < 1.29 is 14.3 Å². The number of hydrogen-bond acceptors (Lipinski definition) is 3. The number of ether oxygens (including phenoxy) is 1. The molecule has 0 radical (unpaired) electrons. The molecule has 0 bridgehead atoms. The molecule has 1 aromatic carbocycles. The van der Waals surface area contributed by atoms with Crippen LogP contribution in [-0.4, -0.2) is 17.9 Å². The van der Waals surface area contributed by atoms with E-state index in [-0.39, 0.29) is 36.9 Å². The molecule has 1 amide bonds. The average molecular weight is 275 g/mol. The number of amides is 1. The van der Waals surface area contributed by atoms with Gasteiger partial charge in [0.25, 0.3) is 0 Å². The summed E-state index contributed by atoms with van der Waals surface area (Å²) in [5, 5.41) is 2.92. The molecule has 2 atom stereocenters. The molecule has 1 aromatic rings. The third-order valence-corrected chi connectivity index (χ3v) is 3.60. The SMILES string of the molecule is C[C@H]1CCC[C@@H](CC(=O)OCc2ccccc2)C(=O)N1. The molecule has 108 valence electrons. The van der Waals surface area contributed by atoms with E-state index < -0.39 is 0 Å². The van der Waals surface area contributed by atoms with Crippen molar-refractivity contribution in [2.24, 2.45) is 5.92 Å². The predicted octanol–water partition coefficient (Wildman–Crippen LogP) is 2.42. The number of carbonyl (C=O) groups excluding carboxylic acids is 2. The highest BCUT2D eigenvalue weighted by atomic mass is 16.5. The van der Waals surface area contributed by atoms with Crippen LogP contribution in [0.25, 0.3) is 0 Å². The Hall–Kier alpha value is -1.84. The molecule has 2 rings (SSSR count). The minimum absolute atomic E-state index is 0.0216. The summed E-state index contributed by atoms with van der Waals surface area (Å²) in [4.78, 5) is 23.7. The van der Waals surface area contributed by atoms with E-state index in [2.05, 4.69) is 5.32 Å². The zero-order valence-corrected chi connectivity index (χ0v) is 11.8. The van der Waals surface area contributed by atoms with Gasteiger partial charge in [0.15, 0.2) is 0 Å². The highest BCUT2D eigenvalue weighted by Gasteiger charge is 2.26. The molecule has 1 aliphatic rings. The summed E-state index contributed by atoms with van der Waals surface area (Å²) in [6, 6.07) is 9.75. The van der Waals surface area contributed by atoms with Gasteiger partial charge < -0.3 is 10.1 Å². The van der Waals surface area contributed by atoms with Gasteiger partial charge in [-0.25, -0.2) is 0 Å². The molecule has 0 aliphatic carbocycles. The molecule has 20 heavy (non-hydrogen) atoms. The normalized spacial score (nSPS) is 22.8. The fourth-order valence-corrected chi connectivity index (χ4v) is 2.43. The van der Waals surface area contributed by atoms with Crippen molar-refractivity contribution in [3.8, 4) is 0 Å². The van der Waals surface area contributed by atoms with E-state index in [0.29, 0.717) is 0 Å². The van der Waals surface area contributed by atoms with E-state index in [0.717, 1.165) is 24.8 Å². The van der Waals surface area contributed by atoms with Gasteiger partial charge in [0.1, 0.15) is 6.61 Å². The lowest BCUT2D eigenvalue weighted by atomic mass is 9.99. The van der Waals surface area contributed by atoms with Crippen LogP contribution in [-0.2, 0) is 20.9 Å². The van der Waals surface area contributed by atoms with Crippen molar-refractivity contribution in [2.75, 3.05) is 0 Å². The summed E-state index contributed by atoms with van der Waals surface area (Å²) < 4.78 is 5.23.